The lowest BCUT2D eigenvalue weighted by Crippen LogP contribution is -2.31. The van der Waals surface area contributed by atoms with Crippen LogP contribution in [-0.4, -0.2) is 31.9 Å². The predicted octanol–water partition coefficient (Wildman–Crippen LogP) is 5.02. The Labute approximate surface area is 118 Å². The summed E-state index contributed by atoms with van der Waals surface area (Å²) in [7, 11) is 0. The van der Waals surface area contributed by atoms with Crippen molar-refractivity contribution in [2.75, 3.05) is 13.5 Å². The van der Waals surface area contributed by atoms with Gasteiger partial charge in [0.25, 0.3) is 0 Å². The zero-order chi connectivity index (χ0) is 15.4. The summed E-state index contributed by atoms with van der Waals surface area (Å²) in [6, 6.07) is 0. The lowest BCUT2D eigenvalue weighted by Gasteiger charge is -2.28. The van der Waals surface area contributed by atoms with Gasteiger partial charge in [-0.2, -0.15) is 8.78 Å². The Morgan fingerprint density at radius 2 is 1.65 bits per heavy atom. The maximum Gasteiger partial charge on any atom is 0.355 e. The summed E-state index contributed by atoms with van der Waals surface area (Å²) in [5.74, 6) is 0. The molecule has 122 valence electrons. The maximum atomic E-state index is 13.0. The topological polar surface area (TPSA) is 18.5 Å². The highest BCUT2D eigenvalue weighted by atomic mass is 19.3. The molecule has 0 aliphatic heterocycles. The fourth-order valence-electron chi connectivity index (χ4n) is 1.93. The number of alkyl halides is 4. The molecule has 0 saturated heterocycles. The molecule has 0 amide bonds. The van der Waals surface area contributed by atoms with Crippen LogP contribution in [0.25, 0.3) is 0 Å². The van der Waals surface area contributed by atoms with Crippen molar-refractivity contribution in [2.45, 2.75) is 77.2 Å². The summed E-state index contributed by atoms with van der Waals surface area (Å²) < 4.78 is 58.6. The van der Waals surface area contributed by atoms with Gasteiger partial charge in [0.05, 0.1) is 6.10 Å². The SMILES string of the molecule is CCCC(F)(F)OC1CCC(F)CC1.CCCOCF. The van der Waals surface area contributed by atoms with E-state index in [1.54, 1.807) is 6.92 Å². The third kappa shape index (κ3) is 10.4. The molecule has 2 nitrogen and oxygen atoms in total. The van der Waals surface area contributed by atoms with E-state index >= 15 is 0 Å². The fourth-order valence-corrected chi connectivity index (χ4v) is 1.93. The van der Waals surface area contributed by atoms with Gasteiger partial charge in [0, 0.05) is 13.0 Å². The molecule has 1 aliphatic carbocycles. The van der Waals surface area contributed by atoms with Crippen LogP contribution in [0.4, 0.5) is 17.6 Å². The Balaban J connectivity index is 0.000000511. The van der Waals surface area contributed by atoms with E-state index in [0.717, 1.165) is 6.42 Å². The van der Waals surface area contributed by atoms with E-state index in [4.69, 9.17) is 0 Å². The predicted molar refractivity (Wildman–Crippen MR) is 70.3 cm³/mol. The third-order valence-electron chi connectivity index (χ3n) is 2.91. The first-order valence-electron chi connectivity index (χ1n) is 7.28. The number of ether oxygens (including phenoxy) is 2. The van der Waals surface area contributed by atoms with Crippen LogP contribution in [-0.2, 0) is 9.47 Å². The van der Waals surface area contributed by atoms with Gasteiger partial charge in [0.1, 0.15) is 6.17 Å². The summed E-state index contributed by atoms with van der Waals surface area (Å²) in [4.78, 5) is 0. The minimum atomic E-state index is -3.03. The van der Waals surface area contributed by atoms with Crippen molar-refractivity contribution in [3.05, 3.63) is 0 Å². The molecule has 0 heterocycles. The van der Waals surface area contributed by atoms with Gasteiger partial charge >= 0.3 is 6.11 Å². The number of hydrogen-bond acceptors (Lipinski definition) is 2. The van der Waals surface area contributed by atoms with Gasteiger partial charge in [-0.05, 0) is 38.5 Å². The number of rotatable bonds is 7. The molecule has 0 unspecified atom stereocenters. The lowest BCUT2D eigenvalue weighted by atomic mass is 9.96. The number of halogens is 4. The van der Waals surface area contributed by atoms with E-state index in [1.807, 2.05) is 6.92 Å². The first kappa shape index (κ1) is 19.6. The molecule has 0 radical (unpaired) electrons. The highest BCUT2D eigenvalue weighted by Crippen LogP contribution is 2.30. The Bertz CT molecular complexity index is 215. The summed E-state index contributed by atoms with van der Waals surface area (Å²) in [6.45, 7) is 3.52. The van der Waals surface area contributed by atoms with Gasteiger partial charge in [-0.3, -0.25) is 0 Å². The monoisotopic (exact) mass is 302 g/mol. The van der Waals surface area contributed by atoms with Crippen molar-refractivity contribution in [3.63, 3.8) is 0 Å². The summed E-state index contributed by atoms with van der Waals surface area (Å²) >= 11 is 0. The Morgan fingerprint density at radius 1 is 1.05 bits per heavy atom. The second-order valence-corrected chi connectivity index (χ2v) is 4.90. The lowest BCUT2D eigenvalue weighted by molar-refractivity contribution is -0.271. The number of hydrogen-bond donors (Lipinski definition) is 0. The fraction of sp³-hybridized carbons (Fsp3) is 1.00. The average Bonchev–Trinajstić information content (AvgIpc) is 2.39. The van der Waals surface area contributed by atoms with E-state index in [0.29, 0.717) is 38.7 Å². The molecule has 1 fully saturated rings. The molecule has 1 rings (SSSR count). The van der Waals surface area contributed by atoms with E-state index in [9.17, 15) is 17.6 Å². The minimum Gasteiger partial charge on any atom is -0.351 e. The van der Waals surface area contributed by atoms with Crippen LogP contribution in [0.2, 0.25) is 0 Å². The Kier molecular flexibility index (Phi) is 11.1. The van der Waals surface area contributed by atoms with Crippen LogP contribution in [0.5, 0.6) is 0 Å². The quantitative estimate of drug-likeness (QED) is 0.486. The van der Waals surface area contributed by atoms with Crippen LogP contribution in [0.1, 0.15) is 58.8 Å². The molecule has 0 spiro atoms. The highest BCUT2D eigenvalue weighted by Gasteiger charge is 2.34. The van der Waals surface area contributed by atoms with Crippen LogP contribution in [0, 0.1) is 0 Å². The molecule has 0 aromatic rings. The zero-order valence-electron chi connectivity index (χ0n) is 12.3. The van der Waals surface area contributed by atoms with Gasteiger partial charge in [-0.15, -0.1) is 0 Å². The molecule has 0 atom stereocenters. The van der Waals surface area contributed by atoms with Crippen molar-refractivity contribution in [1.29, 1.82) is 0 Å². The third-order valence-corrected chi connectivity index (χ3v) is 2.91. The minimum absolute atomic E-state index is 0.247. The van der Waals surface area contributed by atoms with Gasteiger partial charge in [-0.1, -0.05) is 13.8 Å². The molecule has 0 N–H and O–H groups in total. The molecule has 6 heteroatoms. The van der Waals surface area contributed by atoms with Crippen molar-refractivity contribution < 1.29 is 27.0 Å². The van der Waals surface area contributed by atoms with Crippen LogP contribution < -0.4 is 0 Å². The second kappa shape index (κ2) is 11.3. The van der Waals surface area contributed by atoms with Gasteiger partial charge in [0.2, 0.25) is 0 Å². The molecule has 0 bridgehead atoms. The van der Waals surface area contributed by atoms with Crippen molar-refractivity contribution in [3.8, 4) is 0 Å². The summed E-state index contributed by atoms with van der Waals surface area (Å²) in [5.41, 5.74) is 0. The van der Waals surface area contributed by atoms with Gasteiger partial charge in [0.15, 0.2) is 6.86 Å². The first-order valence-corrected chi connectivity index (χ1v) is 7.28. The van der Waals surface area contributed by atoms with Crippen molar-refractivity contribution in [1.82, 2.24) is 0 Å². The average molecular weight is 302 g/mol. The van der Waals surface area contributed by atoms with Crippen LogP contribution in [0.15, 0.2) is 0 Å². The van der Waals surface area contributed by atoms with Crippen LogP contribution >= 0.6 is 0 Å². The van der Waals surface area contributed by atoms with E-state index in [1.165, 1.54) is 0 Å². The standard InChI is InChI=1S/C10H17F3O.C4H9FO/c1-2-7-10(12,13)14-9-5-3-8(11)4-6-9;1-2-3-6-4-5/h8-9H,2-7H2,1H3;2-4H2,1H3. The van der Waals surface area contributed by atoms with Gasteiger partial charge in [-0.25, -0.2) is 8.78 Å². The van der Waals surface area contributed by atoms with Gasteiger partial charge < -0.3 is 9.47 Å². The molecule has 1 saturated carbocycles. The first-order chi connectivity index (χ1) is 9.45. The smallest absolute Gasteiger partial charge is 0.351 e. The Morgan fingerprint density at radius 3 is 2.05 bits per heavy atom. The molecule has 20 heavy (non-hydrogen) atoms. The molecule has 1 aliphatic rings. The Hall–Kier alpha value is -0.360. The van der Waals surface area contributed by atoms with Crippen molar-refractivity contribution >= 4 is 0 Å². The van der Waals surface area contributed by atoms with E-state index < -0.39 is 25.2 Å². The largest absolute Gasteiger partial charge is 0.355 e. The molecule has 0 aromatic heterocycles. The molecule has 0 aromatic carbocycles. The van der Waals surface area contributed by atoms with E-state index in [-0.39, 0.29) is 6.42 Å². The van der Waals surface area contributed by atoms with E-state index in [2.05, 4.69) is 9.47 Å². The molecular weight excluding hydrogens is 276 g/mol. The maximum absolute atomic E-state index is 13.0. The highest BCUT2D eigenvalue weighted by molar-refractivity contribution is 4.73. The summed E-state index contributed by atoms with van der Waals surface area (Å²) in [6.07, 6.45) is -1.72. The zero-order valence-corrected chi connectivity index (χ0v) is 12.3. The van der Waals surface area contributed by atoms with Crippen molar-refractivity contribution in [2.24, 2.45) is 0 Å². The second-order valence-electron chi connectivity index (χ2n) is 4.90. The summed E-state index contributed by atoms with van der Waals surface area (Å²) in [5, 5.41) is 0. The normalized spacial score (nSPS) is 23.1. The van der Waals surface area contributed by atoms with Crippen LogP contribution in [0.3, 0.4) is 0 Å². The molecular formula is C14H26F4O2.